The zero-order chi connectivity index (χ0) is 17.1. The summed E-state index contributed by atoms with van der Waals surface area (Å²) in [7, 11) is -1.43. The van der Waals surface area contributed by atoms with Crippen LogP contribution in [0.5, 0.6) is 0 Å². The average molecular weight is 341 g/mol. The summed E-state index contributed by atoms with van der Waals surface area (Å²) in [6, 6.07) is 3.76. The van der Waals surface area contributed by atoms with Gasteiger partial charge in [-0.25, -0.2) is 0 Å². The Hall–Kier alpha value is 0.137. The van der Waals surface area contributed by atoms with Gasteiger partial charge in [-0.2, -0.15) is 0 Å². The van der Waals surface area contributed by atoms with E-state index in [1.807, 2.05) is 0 Å². The molecule has 5 atom stereocenters. The second-order valence-corrected chi connectivity index (χ2v) is 13.4. The zero-order valence-electron chi connectivity index (χ0n) is 16.2. The fourth-order valence-corrected chi connectivity index (χ4v) is 8.51. The first kappa shape index (κ1) is 19.5. The van der Waals surface area contributed by atoms with Gasteiger partial charge in [0.2, 0.25) is 0 Å². The van der Waals surface area contributed by atoms with Crippen LogP contribution in [0.3, 0.4) is 0 Å². The molecule has 2 saturated carbocycles. The van der Waals surface area contributed by atoms with Gasteiger partial charge in [0.1, 0.15) is 0 Å². The lowest BCUT2D eigenvalue weighted by Gasteiger charge is -2.45. The minimum absolute atomic E-state index is 0.0393. The van der Waals surface area contributed by atoms with Gasteiger partial charge in [-0.3, -0.25) is 0 Å². The molecule has 0 aromatic carbocycles. The van der Waals surface area contributed by atoms with E-state index < -0.39 is 8.32 Å². The maximum atomic E-state index is 10.4. The lowest BCUT2D eigenvalue weighted by Crippen LogP contribution is -2.42. The van der Waals surface area contributed by atoms with Crippen LogP contribution in [0.25, 0.3) is 0 Å². The molecule has 2 aliphatic carbocycles. The minimum Gasteiger partial charge on any atom is -0.417 e. The van der Waals surface area contributed by atoms with E-state index in [2.05, 4.69) is 34.6 Å². The van der Waals surface area contributed by atoms with Crippen molar-refractivity contribution >= 4 is 8.32 Å². The molecule has 2 aliphatic rings. The van der Waals surface area contributed by atoms with E-state index in [9.17, 15) is 5.11 Å². The first-order valence-electron chi connectivity index (χ1n) is 10.2. The monoisotopic (exact) mass is 340 g/mol. The van der Waals surface area contributed by atoms with Gasteiger partial charge < -0.3 is 9.53 Å². The molecule has 0 bridgehead atoms. The van der Waals surface area contributed by atoms with E-state index in [1.165, 1.54) is 50.2 Å². The van der Waals surface area contributed by atoms with E-state index in [0.29, 0.717) is 11.3 Å². The van der Waals surface area contributed by atoms with Crippen LogP contribution in [0.2, 0.25) is 18.1 Å². The molecule has 0 aromatic rings. The quantitative estimate of drug-likeness (QED) is 0.582. The molecule has 0 heterocycles. The van der Waals surface area contributed by atoms with Gasteiger partial charge in [-0.05, 0) is 73.4 Å². The number of fused-ring (bicyclic) bond motifs is 1. The predicted octanol–water partition coefficient (Wildman–Crippen LogP) is 5.61. The maximum Gasteiger partial charge on any atom is 0.191 e. The molecule has 0 saturated heterocycles. The molecule has 0 aromatic heterocycles. The van der Waals surface area contributed by atoms with Crippen LogP contribution >= 0.6 is 0 Å². The van der Waals surface area contributed by atoms with E-state index in [1.54, 1.807) is 0 Å². The molecular weight excluding hydrogens is 300 g/mol. The second kappa shape index (κ2) is 8.01. The Morgan fingerprint density at radius 2 is 1.78 bits per heavy atom. The summed E-state index contributed by atoms with van der Waals surface area (Å²) in [6.45, 7) is 12.8. The molecule has 3 heteroatoms. The zero-order valence-corrected chi connectivity index (χ0v) is 17.2. The molecule has 2 rings (SSSR count). The van der Waals surface area contributed by atoms with Crippen molar-refractivity contribution in [1.29, 1.82) is 0 Å². The molecule has 136 valence electrons. The number of aliphatic hydroxyl groups is 1. The Kier molecular flexibility index (Phi) is 6.78. The van der Waals surface area contributed by atoms with Crippen LogP contribution in [-0.2, 0) is 4.43 Å². The summed E-state index contributed by atoms with van der Waals surface area (Å²) in [5.74, 6) is 2.07. The number of aliphatic hydroxyl groups excluding tert-OH is 1. The van der Waals surface area contributed by atoms with E-state index >= 15 is 0 Å². The van der Waals surface area contributed by atoms with Gasteiger partial charge in [-0.15, -0.1) is 0 Å². The third-order valence-electron chi connectivity index (χ3n) is 7.76. The Balaban J connectivity index is 1.90. The topological polar surface area (TPSA) is 29.5 Å². The summed E-state index contributed by atoms with van der Waals surface area (Å²) < 4.78 is 6.49. The molecule has 0 amide bonds. The van der Waals surface area contributed by atoms with Gasteiger partial charge in [0.15, 0.2) is 8.32 Å². The first-order valence-corrected chi connectivity index (χ1v) is 12.8. The normalized spacial score (nSPS) is 36.0. The number of hydrogen-bond acceptors (Lipinski definition) is 2. The lowest BCUT2D eigenvalue weighted by molar-refractivity contribution is -0.0286. The summed E-state index contributed by atoms with van der Waals surface area (Å²) >= 11 is 0. The van der Waals surface area contributed by atoms with E-state index in [-0.39, 0.29) is 6.10 Å². The SMILES string of the molecule is CC[Si](CC)(CC)OCC[C@@H](C)[C@H]1CCC2[C@@H](O)CCC[C@@]21C. The summed E-state index contributed by atoms with van der Waals surface area (Å²) in [5, 5.41) is 10.4. The molecule has 0 spiro atoms. The van der Waals surface area contributed by atoms with Crippen molar-refractivity contribution in [3.63, 3.8) is 0 Å². The molecule has 0 radical (unpaired) electrons. The highest BCUT2D eigenvalue weighted by Gasteiger charge is 2.52. The van der Waals surface area contributed by atoms with E-state index in [4.69, 9.17) is 4.43 Å². The van der Waals surface area contributed by atoms with Crippen LogP contribution < -0.4 is 0 Å². The van der Waals surface area contributed by atoms with Gasteiger partial charge in [0.05, 0.1) is 6.10 Å². The highest BCUT2D eigenvalue weighted by Crippen LogP contribution is 2.58. The fraction of sp³-hybridized carbons (Fsp3) is 1.00. The van der Waals surface area contributed by atoms with Crippen LogP contribution in [-0.4, -0.2) is 26.1 Å². The first-order chi connectivity index (χ1) is 10.9. The fourth-order valence-electron chi connectivity index (χ4n) is 5.84. The lowest BCUT2D eigenvalue weighted by atomic mass is 9.61. The molecule has 1 unspecified atom stereocenters. The molecule has 2 nitrogen and oxygen atoms in total. The molecule has 23 heavy (non-hydrogen) atoms. The van der Waals surface area contributed by atoms with E-state index in [0.717, 1.165) is 24.9 Å². The minimum atomic E-state index is -1.43. The highest BCUT2D eigenvalue weighted by atomic mass is 28.4. The van der Waals surface area contributed by atoms with Crippen molar-refractivity contribution in [1.82, 2.24) is 0 Å². The Morgan fingerprint density at radius 1 is 1.13 bits per heavy atom. The largest absolute Gasteiger partial charge is 0.417 e. The summed E-state index contributed by atoms with van der Waals surface area (Å²) in [5.41, 5.74) is 0.381. The van der Waals surface area contributed by atoms with Crippen molar-refractivity contribution in [2.24, 2.45) is 23.2 Å². The predicted molar refractivity (Wildman–Crippen MR) is 101 cm³/mol. The van der Waals surface area contributed by atoms with Gasteiger partial charge >= 0.3 is 0 Å². The van der Waals surface area contributed by atoms with Gasteiger partial charge in [0, 0.05) is 6.61 Å². The highest BCUT2D eigenvalue weighted by molar-refractivity contribution is 6.73. The summed E-state index contributed by atoms with van der Waals surface area (Å²) in [6.07, 6.45) is 7.29. The van der Waals surface area contributed by atoms with Crippen molar-refractivity contribution in [3.05, 3.63) is 0 Å². The van der Waals surface area contributed by atoms with Crippen molar-refractivity contribution in [2.75, 3.05) is 6.61 Å². The maximum absolute atomic E-state index is 10.4. The van der Waals surface area contributed by atoms with Crippen LogP contribution in [0.15, 0.2) is 0 Å². The van der Waals surface area contributed by atoms with Crippen molar-refractivity contribution < 1.29 is 9.53 Å². The Labute approximate surface area is 145 Å². The van der Waals surface area contributed by atoms with Crippen LogP contribution in [0.4, 0.5) is 0 Å². The third kappa shape index (κ3) is 3.87. The van der Waals surface area contributed by atoms with Crippen LogP contribution in [0.1, 0.15) is 73.1 Å². The molecule has 0 aliphatic heterocycles. The average Bonchev–Trinajstić information content (AvgIpc) is 2.90. The van der Waals surface area contributed by atoms with Crippen LogP contribution in [0, 0.1) is 23.2 Å². The number of rotatable bonds is 8. The van der Waals surface area contributed by atoms with Crippen molar-refractivity contribution in [2.45, 2.75) is 97.4 Å². The molecule has 2 fully saturated rings. The van der Waals surface area contributed by atoms with Crippen molar-refractivity contribution in [3.8, 4) is 0 Å². The summed E-state index contributed by atoms with van der Waals surface area (Å²) in [4.78, 5) is 0. The number of hydrogen-bond donors (Lipinski definition) is 1. The standard InChI is InChI=1S/C20H40O2Si/c1-6-23(7-2,8-3)22-15-13-16(4)17-11-12-18-19(21)10-9-14-20(17,18)5/h16-19,21H,6-15H2,1-5H3/t16-,17-,18?,19+,20-/m1/s1. The van der Waals surface area contributed by atoms with Gasteiger partial charge in [0.25, 0.3) is 0 Å². The second-order valence-electron chi connectivity index (χ2n) is 8.61. The smallest absolute Gasteiger partial charge is 0.191 e. The molecule has 1 N–H and O–H groups in total. The molecular formula is C20H40O2Si. The Morgan fingerprint density at radius 3 is 2.39 bits per heavy atom. The third-order valence-corrected chi connectivity index (χ3v) is 12.4. The van der Waals surface area contributed by atoms with Gasteiger partial charge in [-0.1, -0.05) is 41.0 Å². The Bertz CT molecular complexity index is 360.